The molecule has 3 heterocycles. The Bertz CT molecular complexity index is 840. The van der Waals surface area contributed by atoms with Crippen molar-refractivity contribution in [1.29, 1.82) is 0 Å². The zero-order chi connectivity index (χ0) is 19.6. The first kappa shape index (κ1) is 18.4. The van der Waals surface area contributed by atoms with Gasteiger partial charge in [0.2, 0.25) is 5.91 Å². The highest BCUT2D eigenvalue weighted by Crippen LogP contribution is 2.37. The number of piperidine rings is 2. The Hall–Kier alpha value is -3.01. The van der Waals surface area contributed by atoms with Crippen molar-refractivity contribution in [2.75, 3.05) is 26.2 Å². The predicted octanol–water partition coefficient (Wildman–Crippen LogP) is -0.469. The average molecular weight is 386 g/mol. The maximum atomic E-state index is 12.6. The van der Waals surface area contributed by atoms with Gasteiger partial charge in [0.25, 0.3) is 5.91 Å². The maximum Gasteiger partial charge on any atom is 0.260 e. The van der Waals surface area contributed by atoms with Gasteiger partial charge in [-0.3, -0.25) is 9.59 Å². The molecule has 0 unspecified atom stereocenters. The summed E-state index contributed by atoms with van der Waals surface area (Å²) in [5, 5.41) is 24.2. The minimum atomic E-state index is -0.903. The Balaban J connectivity index is 1.36. The third kappa shape index (κ3) is 3.42. The van der Waals surface area contributed by atoms with Crippen molar-refractivity contribution in [3.63, 3.8) is 0 Å². The van der Waals surface area contributed by atoms with E-state index in [1.54, 1.807) is 29.2 Å². The van der Waals surface area contributed by atoms with Gasteiger partial charge in [-0.05, 0) is 54.0 Å². The zero-order valence-corrected chi connectivity index (χ0v) is 15.3. The number of aliphatic hydroxyl groups excluding tert-OH is 1. The highest BCUT2D eigenvalue weighted by atomic mass is 16.5. The van der Waals surface area contributed by atoms with Gasteiger partial charge in [-0.15, -0.1) is 5.10 Å². The number of tetrazole rings is 1. The number of likely N-dealkylation sites (tertiary alicyclic amines) is 1. The lowest BCUT2D eigenvalue weighted by atomic mass is 9.71. The lowest BCUT2D eigenvalue weighted by Gasteiger charge is -2.46. The molecule has 28 heavy (non-hydrogen) atoms. The van der Waals surface area contributed by atoms with Gasteiger partial charge in [0.1, 0.15) is 12.1 Å². The first-order valence-corrected chi connectivity index (χ1v) is 9.29. The molecule has 1 aromatic heterocycles. The van der Waals surface area contributed by atoms with Crippen LogP contribution in [-0.4, -0.2) is 74.4 Å². The fourth-order valence-corrected chi connectivity index (χ4v) is 3.87. The number of carbonyl (C=O) groups is 2. The van der Waals surface area contributed by atoms with Crippen LogP contribution in [0.4, 0.5) is 0 Å². The number of carbonyl (C=O) groups excluding carboxylic acids is 2. The van der Waals surface area contributed by atoms with E-state index in [0.717, 1.165) is 12.1 Å². The molecule has 2 saturated heterocycles. The van der Waals surface area contributed by atoms with Gasteiger partial charge in [-0.1, -0.05) is 0 Å². The Morgan fingerprint density at radius 3 is 2.89 bits per heavy atom. The summed E-state index contributed by atoms with van der Waals surface area (Å²) in [6.07, 6.45) is 2.54. The van der Waals surface area contributed by atoms with E-state index in [1.807, 2.05) is 0 Å². The third-order valence-corrected chi connectivity index (χ3v) is 5.49. The van der Waals surface area contributed by atoms with Crippen LogP contribution < -0.4 is 10.1 Å². The summed E-state index contributed by atoms with van der Waals surface area (Å²) in [5.74, 6) is 0.185. The zero-order valence-electron chi connectivity index (χ0n) is 15.3. The number of nitrogens with one attached hydrogen (secondary N) is 1. The minimum absolute atomic E-state index is 0.127. The Morgan fingerprint density at radius 2 is 2.18 bits per heavy atom. The molecule has 2 aromatic rings. The van der Waals surface area contributed by atoms with Crippen molar-refractivity contribution in [3.8, 4) is 11.4 Å². The van der Waals surface area contributed by atoms with Crippen LogP contribution in [0.2, 0.25) is 0 Å². The third-order valence-electron chi connectivity index (χ3n) is 5.49. The number of nitrogens with zero attached hydrogens (tertiary/aromatic N) is 5. The van der Waals surface area contributed by atoms with Crippen molar-refractivity contribution in [2.24, 2.45) is 5.41 Å². The molecule has 2 atom stereocenters. The smallest absolute Gasteiger partial charge is 0.260 e. The standard InChI is InChI=1S/C18H22N6O4/c25-15-6-9-23(11-18(15)7-1-8-19-17(18)27)16(26)10-28-14-4-2-13(3-5-14)24-12-20-21-22-24/h2-5,12,15,25H,1,6-11H2,(H,19,27)/t15-,18+/m0/s1. The van der Waals surface area contributed by atoms with Crippen molar-refractivity contribution in [1.82, 2.24) is 30.4 Å². The molecule has 1 aromatic carbocycles. The van der Waals surface area contributed by atoms with E-state index in [1.165, 1.54) is 11.0 Å². The van der Waals surface area contributed by atoms with Crippen LogP contribution in [0, 0.1) is 5.41 Å². The number of aromatic nitrogens is 4. The van der Waals surface area contributed by atoms with E-state index >= 15 is 0 Å². The molecule has 0 aliphatic carbocycles. The van der Waals surface area contributed by atoms with Crippen molar-refractivity contribution in [3.05, 3.63) is 30.6 Å². The summed E-state index contributed by atoms with van der Waals surface area (Å²) in [5.41, 5.74) is -0.126. The van der Waals surface area contributed by atoms with Crippen molar-refractivity contribution < 1.29 is 19.4 Å². The lowest BCUT2D eigenvalue weighted by Crippen LogP contribution is -2.62. The average Bonchev–Trinajstić information content (AvgIpc) is 3.25. The number of rotatable bonds is 4. The second-order valence-electron chi connectivity index (χ2n) is 7.17. The van der Waals surface area contributed by atoms with Crippen LogP contribution in [-0.2, 0) is 9.59 Å². The van der Waals surface area contributed by atoms with Crippen LogP contribution in [0.3, 0.4) is 0 Å². The SMILES string of the molecule is O=C(COc1ccc(-n2cnnn2)cc1)N1CC[C@H](O)[C@@]2(CCCNC2=O)C1. The Kier molecular flexibility index (Phi) is 4.95. The highest BCUT2D eigenvalue weighted by molar-refractivity contribution is 5.86. The number of hydrogen-bond donors (Lipinski definition) is 2. The van der Waals surface area contributed by atoms with Gasteiger partial charge < -0.3 is 20.1 Å². The Labute approximate surface area is 161 Å². The van der Waals surface area contributed by atoms with Crippen LogP contribution in [0.1, 0.15) is 19.3 Å². The van der Waals surface area contributed by atoms with Gasteiger partial charge in [0.05, 0.1) is 17.2 Å². The largest absolute Gasteiger partial charge is 0.484 e. The van der Waals surface area contributed by atoms with Gasteiger partial charge in [-0.2, -0.15) is 0 Å². The molecule has 1 spiro atoms. The van der Waals surface area contributed by atoms with E-state index in [4.69, 9.17) is 4.74 Å². The molecule has 0 bridgehead atoms. The summed E-state index contributed by atoms with van der Waals surface area (Å²) in [6.45, 7) is 1.13. The predicted molar refractivity (Wildman–Crippen MR) is 96.5 cm³/mol. The number of benzene rings is 1. The summed E-state index contributed by atoms with van der Waals surface area (Å²) in [4.78, 5) is 26.6. The number of aliphatic hydroxyl groups is 1. The molecule has 0 saturated carbocycles. The molecule has 2 aliphatic rings. The molecular formula is C18H22N6O4. The maximum absolute atomic E-state index is 12.6. The van der Waals surface area contributed by atoms with Gasteiger partial charge >= 0.3 is 0 Å². The van der Waals surface area contributed by atoms with E-state index in [2.05, 4.69) is 20.8 Å². The van der Waals surface area contributed by atoms with Crippen LogP contribution >= 0.6 is 0 Å². The molecule has 0 radical (unpaired) electrons. The molecule has 10 nitrogen and oxygen atoms in total. The fourth-order valence-electron chi connectivity index (χ4n) is 3.87. The molecule has 148 valence electrons. The molecule has 10 heteroatoms. The number of hydrogen-bond acceptors (Lipinski definition) is 7. The van der Waals surface area contributed by atoms with E-state index in [0.29, 0.717) is 31.7 Å². The Morgan fingerprint density at radius 1 is 1.36 bits per heavy atom. The van der Waals surface area contributed by atoms with Crippen LogP contribution in [0.15, 0.2) is 30.6 Å². The lowest BCUT2D eigenvalue weighted by molar-refractivity contribution is -0.155. The van der Waals surface area contributed by atoms with Crippen molar-refractivity contribution in [2.45, 2.75) is 25.4 Å². The normalized spacial score (nSPS) is 24.8. The molecule has 2 fully saturated rings. The first-order chi connectivity index (χ1) is 13.6. The minimum Gasteiger partial charge on any atom is -0.484 e. The monoisotopic (exact) mass is 386 g/mol. The number of ether oxygens (including phenoxy) is 1. The highest BCUT2D eigenvalue weighted by Gasteiger charge is 2.50. The van der Waals surface area contributed by atoms with E-state index < -0.39 is 11.5 Å². The molecule has 4 rings (SSSR count). The fraction of sp³-hybridized carbons (Fsp3) is 0.500. The summed E-state index contributed by atoms with van der Waals surface area (Å²) < 4.78 is 7.12. The van der Waals surface area contributed by atoms with Gasteiger partial charge in [0, 0.05) is 19.6 Å². The second kappa shape index (κ2) is 7.55. The molecule has 2 amide bonds. The van der Waals surface area contributed by atoms with Crippen LogP contribution in [0.5, 0.6) is 5.75 Å². The summed E-state index contributed by atoms with van der Waals surface area (Å²) in [6, 6.07) is 7.05. The van der Waals surface area contributed by atoms with Crippen molar-refractivity contribution >= 4 is 11.8 Å². The van der Waals surface area contributed by atoms with Crippen LogP contribution in [0.25, 0.3) is 5.69 Å². The summed E-state index contributed by atoms with van der Waals surface area (Å²) >= 11 is 0. The van der Waals surface area contributed by atoms with E-state index in [9.17, 15) is 14.7 Å². The van der Waals surface area contributed by atoms with E-state index in [-0.39, 0.29) is 25.0 Å². The first-order valence-electron chi connectivity index (χ1n) is 9.29. The summed E-state index contributed by atoms with van der Waals surface area (Å²) in [7, 11) is 0. The second-order valence-corrected chi connectivity index (χ2v) is 7.17. The van der Waals surface area contributed by atoms with Gasteiger partial charge in [0.15, 0.2) is 6.61 Å². The topological polar surface area (TPSA) is 122 Å². The van der Waals surface area contributed by atoms with Gasteiger partial charge in [-0.25, -0.2) is 4.68 Å². The molecular weight excluding hydrogens is 364 g/mol. The number of amides is 2. The molecule has 2 aliphatic heterocycles. The quantitative estimate of drug-likeness (QED) is 0.728. The molecule has 2 N–H and O–H groups in total.